The molecule has 0 amide bonds. The van der Waals surface area contributed by atoms with Gasteiger partial charge in [0.2, 0.25) is 0 Å². The van der Waals surface area contributed by atoms with Crippen molar-refractivity contribution in [3.8, 4) is 0 Å². The smallest absolute Gasteiger partial charge is 0.118 e. The first kappa shape index (κ1) is 35.9. The lowest BCUT2D eigenvalue weighted by Gasteiger charge is -2.19. The molecule has 8 heteroatoms. The molecule has 0 spiro atoms. The third-order valence-electron chi connectivity index (χ3n) is 11.7. The number of aromatic nitrogens is 4. The molecule has 8 N–H and O–H groups in total. The van der Waals surface area contributed by atoms with Crippen LogP contribution in [0.3, 0.4) is 0 Å². The number of nitrogens with one attached hydrogen (secondary N) is 8. The summed E-state index contributed by atoms with van der Waals surface area (Å²) in [5, 5.41) is 24.3. The minimum Gasteiger partial charge on any atom is -0.327 e. The van der Waals surface area contributed by atoms with Crippen LogP contribution in [0.15, 0.2) is 72.8 Å². The van der Waals surface area contributed by atoms with Crippen molar-refractivity contribution in [1.29, 1.82) is 0 Å². The van der Waals surface area contributed by atoms with Crippen LogP contribution in [0.25, 0.3) is 43.1 Å². The molecule has 1 aliphatic heterocycles. The number of aromatic amines is 4. The molecule has 1 aliphatic rings. The van der Waals surface area contributed by atoms with Gasteiger partial charge in [-0.3, -0.25) is 0 Å². The van der Waals surface area contributed by atoms with Gasteiger partial charge in [0.1, 0.15) is 46.5 Å². The molecule has 8 bridgehead atoms. The van der Waals surface area contributed by atoms with Crippen LogP contribution in [-0.4, -0.2) is 19.9 Å². The van der Waals surface area contributed by atoms with Crippen LogP contribution in [0.4, 0.5) is 46.5 Å². The summed E-state index contributed by atoms with van der Waals surface area (Å²) in [5.74, 6) is 7.33. The zero-order valence-corrected chi connectivity index (χ0v) is 34.9. The molecule has 4 aromatic heterocycles. The minimum atomic E-state index is -0.0180. The number of rotatable bonds is 0. The number of anilines is 8. The highest BCUT2D eigenvalue weighted by atomic mass is 15.2. The molecular formula is C48H56N8. The largest absolute Gasteiger partial charge is 0.327 e. The third kappa shape index (κ3) is 5.97. The minimum absolute atomic E-state index is 0.0180. The van der Waals surface area contributed by atoms with Crippen LogP contribution in [0.5, 0.6) is 0 Å². The predicted octanol–water partition coefficient (Wildman–Crippen LogP) is 14.1. The Morgan fingerprint density at radius 2 is 0.429 bits per heavy atom. The predicted molar refractivity (Wildman–Crippen MR) is 241 cm³/mol. The lowest BCUT2D eigenvalue weighted by Crippen LogP contribution is -2.10. The second kappa shape index (κ2) is 11.9. The molecule has 0 radical (unpaired) electrons. The highest BCUT2D eigenvalue weighted by Gasteiger charge is 2.25. The van der Waals surface area contributed by atoms with Gasteiger partial charge in [-0.15, -0.1) is 0 Å². The lowest BCUT2D eigenvalue weighted by atomic mass is 9.86. The average molecular weight is 745 g/mol. The van der Waals surface area contributed by atoms with Gasteiger partial charge in [-0.25, -0.2) is 0 Å². The van der Waals surface area contributed by atoms with Gasteiger partial charge >= 0.3 is 0 Å². The number of H-pyrrole nitrogens is 4. The second-order valence-electron chi connectivity index (χ2n) is 20.0. The first-order valence-corrected chi connectivity index (χ1v) is 20.0. The van der Waals surface area contributed by atoms with Crippen LogP contribution in [-0.2, 0) is 21.7 Å². The van der Waals surface area contributed by atoms with E-state index in [0.717, 1.165) is 89.6 Å². The maximum atomic E-state index is 3.85. The molecule has 56 heavy (non-hydrogen) atoms. The van der Waals surface area contributed by atoms with Crippen molar-refractivity contribution in [3.05, 3.63) is 95.1 Å². The van der Waals surface area contributed by atoms with Gasteiger partial charge in [0.25, 0.3) is 0 Å². The van der Waals surface area contributed by atoms with Crippen molar-refractivity contribution in [2.24, 2.45) is 0 Å². The van der Waals surface area contributed by atoms with E-state index in [1.54, 1.807) is 0 Å². The van der Waals surface area contributed by atoms with Crippen LogP contribution >= 0.6 is 0 Å². The molecule has 9 rings (SSSR count). The summed E-state index contributed by atoms with van der Waals surface area (Å²) in [6, 6.07) is 27.3. The van der Waals surface area contributed by atoms with E-state index in [0.29, 0.717) is 0 Å². The summed E-state index contributed by atoms with van der Waals surface area (Å²) in [5.41, 5.74) is 5.01. The van der Waals surface area contributed by atoms with Gasteiger partial charge in [0, 0.05) is 43.1 Å². The first-order chi connectivity index (χ1) is 26.2. The number of hydrogen-bond acceptors (Lipinski definition) is 4. The quantitative estimate of drug-likeness (QED) is 0.0790. The van der Waals surface area contributed by atoms with Crippen LogP contribution < -0.4 is 21.3 Å². The summed E-state index contributed by atoms with van der Waals surface area (Å²) < 4.78 is 0. The molecule has 4 aromatic carbocycles. The van der Waals surface area contributed by atoms with E-state index in [9.17, 15) is 0 Å². The first-order valence-electron chi connectivity index (χ1n) is 20.0. The van der Waals surface area contributed by atoms with Crippen molar-refractivity contribution >= 4 is 89.6 Å². The monoisotopic (exact) mass is 744 g/mol. The lowest BCUT2D eigenvalue weighted by molar-refractivity contribution is 0.591. The summed E-state index contributed by atoms with van der Waals surface area (Å²) in [6.45, 7) is 27.2. The van der Waals surface area contributed by atoms with Gasteiger partial charge in [-0.1, -0.05) is 132 Å². The standard InChI is InChI=1S/C48H56N8/c1-45(2,3)25-13-17-29-33(21-25)41-49-37(29)54-42-35-23-27(47(7,8)9)15-19-31(35)39(51-42)56-44-36-24-28(48(10,11)12)16-20-32(36)40(52-44)55-43-34-22-26(46(4,5)6)14-18-30(34)38(50-43)53-41/h13-24,49-56H,1-12H3. The second-order valence-corrected chi connectivity index (χ2v) is 20.0. The van der Waals surface area contributed by atoms with E-state index in [4.69, 9.17) is 0 Å². The zero-order valence-electron chi connectivity index (χ0n) is 34.9. The fourth-order valence-electron chi connectivity index (χ4n) is 8.07. The Morgan fingerprint density at radius 3 is 0.607 bits per heavy atom. The molecular weight excluding hydrogens is 689 g/mol. The number of hydrogen-bond donors (Lipinski definition) is 8. The molecule has 0 saturated heterocycles. The average Bonchev–Trinajstić information content (AvgIpc) is 3.84. The summed E-state index contributed by atoms with van der Waals surface area (Å²) in [7, 11) is 0. The highest BCUT2D eigenvalue weighted by Crippen LogP contribution is 2.45. The van der Waals surface area contributed by atoms with Crippen LogP contribution in [0.1, 0.15) is 105 Å². The van der Waals surface area contributed by atoms with E-state index in [2.05, 4.69) is 197 Å². The Morgan fingerprint density at radius 1 is 0.250 bits per heavy atom. The van der Waals surface area contributed by atoms with E-state index >= 15 is 0 Å². The molecule has 0 unspecified atom stereocenters. The molecule has 8 nitrogen and oxygen atoms in total. The highest BCUT2D eigenvalue weighted by molar-refractivity contribution is 6.12. The number of benzene rings is 4. The maximum absolute atomic E-state index is 3.85. The fraction of sp³-hybridized carbons (Fsp3) is 0.333. The van der Waals surface area contributed by atoms with E-state index in [-0.39, 0.29) is 21.7 Å². The molecule has 0 atom stereocenters. The van der Waals surface area contributed by atoms with Crippen molar-refractivity contribution in [2.45, 2.75) is 105 Å². The van der Waals surface area contributed by atoms with E-state index < -0.39 is 0 Å². The Kier molecular flexibility index (Phi) is 7.61. The molecule has 288 valence electrons. The number of fused-ring (bicyclic) bond motifs is 20. The Balaban J connectivity index is 1.34. The Labute approximate surface area is 329 Å². The molecule has 0 aliphatic carbocycles. The molecule has 0 fully saturated rings. The molecule has 8 aromatic rings. The molecule has 0 saturated carbocycles. The van der Waals surface area contributed by atoms with Gasteiger partial charge in [0.05, 0.1) is 0 Å². The van der Waals surface area contributed by atoms with Gasteiger partial charge < -0.3 is 41.2 Å². The Bertz CT molecular complexity index is 2450. The maximum Gasteiger partial charge on any atom is 0.118 e. The summed E-state index contributed by atoms with van der Waals surface area (Å²) in [6.07, 6.45) is 0. The fourth-order valence-corrected chi connectivity index (χ4v) is 8.07. The van der Waals surface area contributed by atoms with Crippen molar-refractivity contribution < 1.29 is 0 Å². The zero-order chi connectivity index (χ0) is 39.7. The molecule has 5 heterocycles. The summed E-state index contributed by atoms with van der Waals surface area (Å²) in [4.78, 5) is 15.2. The van der Waals surface area contributed by atoms with E-state index in [1.165, 1.54) is 22.3 Å². The van der Waals surface area contributed by atoms with Crippen molar-refractivity contribution in [3.63, 3.8) is 0 Å². The third-order valence-corrected chi connectivity index (χ3v) is 11.7. The van der Waals surface area contributed by atoms with E-state index in [1.807, 2.05) is 0 Å². The van der Waals surface area contributed by atoms with Crippen LogP contribution in [0.2, 0.25) is 0 Å². The van der Waals surface area contributed by atoms with Crippen molar-refractivity contribution in [2.75, 3.05) is 21.3 Å². The van der Waals surface area contributed by atoms with Gasteiger partial charge in [-0.2, -0.15) is 0 Å². The van der Waals surface area contributed by atoms with Crippen LogP contribution in [0, 0.1) is 0 Å². The topological polar surface area (TPSA) is 111 Å². The van der Waals surface area contributed by atoms with Gasteiger partial charge in [0.15, 0.2) is 0 Å². The normalized spacial score (nSPS) is 13.9. The van der Waals surface area contributed by atoms with Gasteiger partial charge in [-0.05, 0) is 68.2 Å². The summed E-state index contributed by atoms with van der Waals surface area (Å²) >= 11 is 0. The SMILES string of the molecule is CC(C)(C)c1ccc2c3[nH]c(c2c1)Nc1[nH]c(c2cc(C(C)(C)C)ccc12)Nc1[nH]c(c2cc(C(C)(C)C)ccc12)Nc1[nH]c(c2cc(C(C)(C)C)ccc12)N3. The van der Waals surface area contributed by atoms with Crippen molar-refractivity contribution in [1.82, 2.24) is 19.9 Å². The Hall–Kier alpha value is -5.76.